The Morgan fingerprint density at radius 3 is 2.24 bits per heavy atom. The topological polar surface area (TPSA) is 156 Å². The SMILES string of the molecule is NC(=O)CC(NC(=O)C(N)Cc1ccc(O)cc1)C(=O)O. The Balaban J connectivity index is 2.62. The van der Waals surface area contributed by atoms with E-state index in [4.69, 9.17) is 21.7 Å². The standard InChI is InChI=1S/C13H17N3O5/c14-9(5-7-1-3-8(17)4-2-7)12(19)16-10(13(20)21)6-11(15)18/h1-4,9-10,17H,5-6,14H2,(H2,15,18)(H,16,19)(H,20,21). The predicted molar refractivity (Wildman–Crippen MR) is 73.2 cm³/mol. The number of carbonyl (C=O) groups is 3. The van der Waals surface area contributed by atoms with Gasteiger partial charge in [0.2, 0.25) is 11.8 Å². The van der Waals surface area contributed by atoms with Gasteiger partial charge in [-0.15, -0.1) is 0 Å². The van der Waals surface area contributed by atoms with E-state index in [1.54, 1.807) is 12.1 Å². The molecule has 0 saturated carbocycles. The van der Waals surface area contributed by atoms with Gasteiger partial charge >= 0.3 is 5.97 Å². The minimum Gasteiger partial charge on any atom is -0.508 e. The lowest BCUT2D eigenvalue weighted by molar-refractivity contribution is -0.143. The Bertz CT molecular complexity index is 529. The number of aromatic hydroxyl groups is 1. The Morgan fingerprint density at radius 1 is 1.19 bits per heavy atom. The first-order valence-electron chi connectivity index (χ1n) is 6.14. The lowest BCUT2D eigenvalue weighted by atomic mass is 10.1. The van der Waals surface area contributed by atoms with Crippen LogP contribution in [0.15, 0.2) is 24.3 Å². The van der Waals surface area contributed by atoms with Crippen LogP contribution in [-0.2, 0) is 20.8 Å². The number of carboxylic acids is 1. The highest BCUT2D eigenvalue weighted by Gasteiger charge is 2.24. The van der Waals surface area contributed by atoms with Gasteiger partial charge in [0, 0.05) is 0 Å². The minimum absolute atomic E-state index is 0.0872. The highest BCUT2D eigenvalue weighted by molar-refractivity contribution is 5.90. The number of nitrogens with one attached hydrogen (secondary N) is 1. The van der Waals surface area contributed by atoms with E-state index >= 15 is 0 Å². The Morgan fingerprint density at radius 2 is 1.76 bits per heavy atom. The zero-order valence-electron chi connectivity index (χ0n) is 11.2. The molecule has 2 unspecified atom stereocenters. The van der Waals surface area contributed by atoms with Crippen LogP contribution in [0.25, 0.3) is 0 Å². The summed E-state index contributed by atoms with van der Waals surface area (Å²) in [6.07, 6.45) is -0.345. The van der Waals surface area contributed by atoms with Crippen LogP contribution in [0.2, 0.25) is 0 Å². The van der Waals surface area contributed by atoms with Crippen molar-refractivity contribution in [1.29, 1.82) is 0 Å². The van der Waals surface area contributed by atoms with Crippen molar-refractivity contribution in [1.82, 2.24) is 5.32 Å². The highest BCUT2D eigenvalue weighted by atomic mass is 16.4. The number of rotatable bonds is 7. The molecule has 0 saturated heterocycles. The number of carbonyl (C=O) groups excluding carboxylic acids is 2. The summed E-state index contributed by atoms with van der Waals surface area (Å²) in [6, 6.07) is 3.71. The summed E-state index contributed by atoms with van der Waals surface area (Å²) in [6.45, 7) is 0. The lowest BCUT2D eigenvalue weighted by Crippen LogP contribution is -2.50. The number of amides is 2. The van der Waals surface area contributed by atoms with Crippen LogP contribution in [0, 0.1) is 0 Å². The average molecular weight is 295 g/mol. The molecule has 0 aliphatic rings. The van der Waals surface area contributed by atoms with Gasteiger partial charge in [0.05, 0.1) is 12.5 Å². The van der Waals surface area contributed by atoms with Crippen molar-refractivity contribution in [3.63, 3.8) is 0 Å². The first kappa shape index (κ1) is 16.4. The molecule has 0 fully saturated rings. The summed E-state index contributed by atoms with van der Waals surface area (Å²) in [7, 11) is 0. The van der Waals surface area contributed by atoms with E-state index in [9.17, 15) is 14.4 Å². The second-order valence-corrected chi connectivity index (χ2v) is 4.55. The fraction of sp³-hybridized carbons (Fsp3) is 0.308. The molecule has 0 radical (unpaired) electrons. The Hall–Kier alpha value is -2.61. The first-order chi connectivity index (χ1) is 9.79. The van der Waals surface area contributed by atoms with Gasteiger partial charge in [-0.1, -0.05) is 12.1 Å². The molecular weight excluding hydrogens is 278 g/mol. The van der Waals surface area contributed by atoms with Gasteiger partial charge < -0.3 is 27.0 Å². The van der Waals surface area contributed by atoms with E-state index in [0.29, 0.717) is 5.56 Å². The molecule has 2 amide bonds. The van der Waals surface area contributed by atoms with E-state index in [0.717, 1.165) is 0 Å². The fourth-order valence-corrected chi connectivity index (χ4v) is 1.66. The molecule has 0 aromatic heterocycles. The van der Waals surface area contributed by atoms with Crippen molar-refractivity contribution in [3.05, 3.63) is 29.8 Å². The Kier molecular flexibility index (Phi) is 5.67. The van der Waals surface area contributed by atoms with Crippen LogP contribution >= 0.6 is 0 Å². The van der Waals surface area contributed by atoms with Gasteiger partial charge in [-0.05, 0) is 24.1 Å². The predicted octanol–water partition coefficient (Wildman–Crippen LogP) is -1.29. The summed E-state index contributed by atoms with van der Waals surface area (Å²) in [5.74, 6) is -2.81. The van der Waals surface area contributed by atoms with Crippen molar-refractivity contribution in [2.45, 2.75) is 24.9 Å². The zero-order valence-corrected chi connectivity index (χ0v) is 11.2. The second-order valence-electron chi connectivity index (χ2n) is 4.55. The molecular formula is C13H17N3O5. The number of aliphatic carboxylic acids is 1. The van der Waals surface area contributed by atoms with E-state index in [2.05, 4.69) is 5.32 Å². The quantitative estimate of drug-likeness (QED) is 0.421. The molecule has 0 spiro atoms. The average Bonchev–Trinajstić information content (AvgIpc) is 2.39. The molecule has 114 valence electrons. The molecule has 1 aromatic rings. The lowest BCUT2D eigenvalue weighted by Gasteiger charge is -2.16. The molecule has 8 nitrogen and oxygen atoms in total. The van der Waals surface area contributed by atoms with Crippen LogP contribution in [0.3, 0.4) is 0 Å². The van der Waals surface area contributed by atoms with Gasteiger partial charge in [0.25, 0.3) is 0 Å². The maximum atomic E-state index is 11.8. The van der Waals surface area contributed by atoms with Gasteiger partial charge in [-0.3, -0.25) is 9.59 Å². The monoisotopic (exact) mass is 295 g/mol. The largest absolute Gasteiger partial charge is 0.508 e. The highest BCUT2D eigenvalue weighted by Crippen LogP contribution is 2.11. The molecule has 0 bridgehead atoms. The normalized spacial score (nSPS) is 13.2. The number of hydrogen-bond donors (Lipinski definition) is 5. The number of benzene rings is 1. The third kappa shape index (κ3) is 5.49. The van der Waals surface area contributed by atoms with Gasteiger partial charge in [0.1, 0.15) is 11.8 Å². The second kappa shape index (κ2) is 7.25. The number of carboxylic acid groups (broad SMARTS) is 1. The third-order valence-corrected chi connectivity index (χ3v) is 2.75. The minimum atomic E-state index is -1.40. The number of phenols is 1. The van der Waals surface area contributed by atoms with Crippen LogP contribution in [0.4, 0.5) is 0 Å². The molecule has 1 aromatic carbocycles. The maximum Gasteiger partial charge on any atom is 0.326 e. The fourth-order valence-electron chi connectivity index (χ4n) is 1.66. The molecule has 21 heavy (non-hydrogen) atoms. The smallest absolute Gasteiger partial charge is 0.326 e. The molecule has 7 N–H and O–H groups in total. The van der Waals surface area contributed by atoms with Gasteiger partial charge in [-0.2, -0.15) is 0 Å². The van der Waals surface area contributed by atoms with E-state index < -0.39 is 36.3 Å². The van der Waals surface area contributed by atoms with Gasteiger partial charge in [-0.25, -0.2) is 4.79 Å². The van der Waals surface area contributed by atoms with E-state index in [1.807, 2.05) is 0 Å². The van der Waals surface area contributed by atoms with Crippen LogP contribution in [-0.4, -0.2) is 40.1 Å². The van der Waals surface area contributed by atoms with Crippen molar-refractivity contribution in [3.8, 4) is 5.75 Å². The van der Waals surface area contributed by atoms with Crippen LogP contribution in [0.1, 0.15) is 12.0 Å². The van der Waals surface area contributed by atoms with Crippen molar-refractivity contribution < 1.29 is 24.6 Å². The number of hydrogen-bond acceptors (Lipinski definition) is 5. The summed E-state index contributed by atoms with van der Waals surface area (Å²) in [5, 5.41) is 20.2. The number of primary amides is 1. The van der Waals surface area contributed by atoms with E-state index in [1.165, 1.54) is 12.1 Å². The van der Waals surface area contributed by atoms with E-state index in [-0.39, 0.29) is 12.2 Å². The van der Waals surface area contributed by atoms with Crippen LogP contribution < -0.4 is 16.8 Å². The Labute approximate surface area is 120 Å². The number of nitrogens with two attached hydrogens (primary N) is 2. The summed E-state index contributed by atoms with van der Waals surface area (Å²) in [4.78, 5) is 33.4. The molecule has 0 aliphatic heterocycles. The van der Waals surface area contributed by atoms with Crippen molar-refractivity contribution in [2.24, 2.45) is 11.5 Å². The molecule has 2 atom stereocenters. The molecule has 1 rings (SSSR count). The van der Waals surface area contributed by atoms with Gasteiger partial charge in [0.15, 0.2) is 0 Å². The molecule has 0 aliphatic carbocycles. The molecule has 0 heterocycles. The maximum absolute atomic E-state index is 11.8. The summed E-state index contributed by atoms with van der Waals surface area (Å²) in [5.41, 5.74) is 11.3. The summed E-state index contributed by atoms with van der Waals surface area (Å²) < 4.78 is 0. The first-order valence-corrected chi connectivity index (χ1v) is 6.14. The zero-order chi connectivity index (χ0) is 16.0. The number of phenolic OH excluding ortho intramolecular Hbond substituents is 1. The summed E-state index contributed by atoms with van der Waals surface area (Å²) >= 11 is 0. The molecule has 8 heteroatoms. The van der Waals surface area contributed by atoms with Crippen molar-refractivity contribution >= 4 is 17.8 Å². The van der Waals surface area contributed by atoms with Crippen LogP contribution in [0.5, 0.6) is 5.75 Å². The van der Waals surface area contributed by atoms with Crippen molar-refractivity contribution in [2.75, 3.05) is 0 Å². The third-order valence-electron chi connectivity index (χ3n) is 2.75.